The number of aromatic nitrogens is 3. The van der Waals surface area contributed by atoms with E-state index in [2.05, 4.69) is 25.6 Å². The molecule has 8 heteroatoms. The van der Waals surface area contributed by atoms with Crippen molar-refractivity contribution in [3.05, 3.63) is 89.5 Å². The Balaban J connectivity index is 1.24. The zero-order valence-corrected chi connectivity index (χ0v) is 18.6. The van der Waals surface area contributed by atoms with Crippen LogP contribution in [0.2, 0.25) is 0 Å². The monoisotopic (exact) mass is 453 g/mol. The van der Waals surface area contributed by atoms with Crippen molar-refractivity contribution in [3.8, 4) is 6.01 Å². The Morgan fingerprint density at radius 3 is 2.56 bits per heavy atom. The van der Waals surface area contributed by atoms with Crippen LogP contribution in [0, 0.1) is 6.92 Å². The molecule has 0 unspecified atom stereocenters. The Hall–Kier alpha value is -4.33. The van der Waals surface area contributed by atoms with Crippen LogP contribution in [0.3, 0.4) is 0 Å². The molecule has 2 aromatic carbocycles. The van der Waals surface area contributed by atoms with E-state index < -0.39 is 0 Å². The number of hydrogen-bond acceptors (Lipinski definition) is 6. The van der Waals surface area contributed by atoms with E-state index in [1.54, 1.807) is 18.3 Å². The Bertz CT molecular complexity index is 1360. The molecule has 0 spiro atoms. The van der Waals surface area contributed by atoms with Crippen molar-refractivity contribution in [1.29, 1.82) is 0 Å². The molecule has 1 aliphatic rings. The van der Waals surface area contributed by atoms with E-state index in [1.165, 1.54) is 12.4 Å². The van der Waals surface area contributed by atoms with Gasteiger partial charge in [-0.1, -0.05) is 30.3 Å². The summed E-state index contributed by atoms with van der Waals surface area (Å²) in [6.45, 7) is 2.08. The molecule has 0 saturated heterocycles. The molecular weight excluding hydrogens is 430 g/mol. The van der Waals surface area contributed by atoms with Gasteiger partial charge in [0, 0.05) is 41.3 Å². The van der Waals surface area contributed by atoms with Gasteiger partial charge in [0.05, 0.1) is 11.3 Å². The number of nitrogens with one attached hydrogen (secondary N) is 2. The standard InChI is InChI=1S/C26H23N5O3/c1-16-6-7-18(24(32)30-20-8-9-20)12-22(16)31-25(33)19-13-28-26(29-14-19)34-15-23-21-5-3-2-4-17(21)10-11-27-23/h2-7,10-14,20H,8-9,15H2,1H3,(H,30,32)(H,31,33). The Morgan fingerprint density at radius 1 is 0.971 bits per heavy atom. The van der Waals surface area contributed by atoms with Gasteiger partial charge < -0.3 is 15.4 Å². The lowest BCUT2D eigenvalue weighted by Gasteiger charge is -2.11. The maximum atomic E-state index is 12.7. The molecule has 0 bridgehead atoms. The largest absolute Gasteiger partial charge is 0.457 e. The molecule has 0 radical (unpaired) electrons. The van der Waals surface area contributed by atoms with Crippen molar-refractivity contribution in [1.82, 2.24) is 20.3 Å². The van der Waals surface area contributed by atoms with Crippen molar-refractivity contribution in [3.63, 3.8) is 0 Å². The summed E-state index contributed by atoms with van der Waals surface area (Å²) in [6.07, 6.45) is 6.58. The first-order chi connectivity index (χ1) is 16.6. The van der Waals surface area contributed by atoms with Crippen molar-refractivity contribution in [2.75, 3.05) is 5.32 Å². The van der Waals surface area contributed by atoms with E-state index in [0.29, 0.717) is 11.3 Å². The fraction of sp³-hybridized carbons (Fsp3) is 0.192. The minimum Gasteiger partial charge on any atom is -0.457 e. The first kappa shape index (κ1) is 21.5. The van der Waals surface area contributed by atoms with Crippen molar-refractivity contribution in [2.24, 2.45) is 0 Å². The van der Waals surface area contributed by atoms with E-state index in [-0.39, 0.29) is 36.0 Å². The molecule has 8 nitrogen and oxygen atoms in total. The van der Waals surface area contributed by atoms with Gasteiger partial charge in [-0.3, -0.25) is 14.6 Å². The summed E-state index contributed by atoms with van der Waals surface area (Å²) in [5.41, 5.74) is 2.98. The third-order valence-corrected chi connectivity index (χ3v) is 5.65. The van der Waals surface area contributed by atoms with E-state index in [1.807, 2.05) is 43.3 Å². The highest BCUT2D eigenvalue weighted by molar-refractivity contribution is 6.05. The number of aryl methyl sites for hydroxylation is 1. The third-order valence-electron chi connectivity index (χ3n) is 5.65. The van der Waals surface area contributed by atoms with Crippen molar-refractivity contribution in [2.45, 2.75) is 32.4 Å². The van der Waals surface area contributed by atoms with Gasteiger partial charge in [-0.05, 0) is 48.9 Å². The lowest BCUT2D eigenvalue weighted by atomic mass is 10.1. The second-order valence-electron chi connectivity index (χ2n) is 8.25. The summed E-state index contributed by atoms with van der Waals surface area (Å²) in [7, 11) is 0. The average Bonchev–Trinajstić information content (AvgIpc) is 3.68. The minimum absolute atomic E-state index is 0.136. The van der Waals surface area contributed by atoms with Gasteiger partial charge in [0.1, 0.15) is 6.61 Å². The SMILES string of the molecule is Cc1ccc(C(=O)NC2CC2)cc1NC(=O)c1cnc(OCc2nccc3ccccc23)nc1. The fourth-order valence-corrected chi connectivity index (χ4v) is 3.53. The van der Waals surface area contributed by atoms with Gasteiger partial charge >= 0.3 is 6.01 Å². The average molecular weight is 454 g/mol. The molecule has 34 heavy (non-hydrogen) atoms. The molecule has 5 rings (SSSR count). The highest BCUT2D eigenvalue weighted by Gasteiger charge is 2.24. The molecule has 4 aromatic rings. The van der Waals surface area contributed by atoms with Crippen molar-refractivity contribution >= 4 is 28.3 Å². The van der Waals surface area contributed by atoms with E-state index >= 15 is 0 Å². The molecule has 1 fully saturated rings. The van der Waals surface area contributed by atoms with Gasteiger partial charge in [0.25, 0.3) is 11.8 Å². The smallest absolute Gasteiger partial charge is 0.316 e. The molecule has 0 atom stereocenters. The number of carbonyl (C=O) groups excluding carboxylic acids is 2. The molecule has 0 aliphatic heterocycles. The van der Waals surface area contributed by atoms with E-state index in [9.17, 15) is 9.59 Å². The number of benzene rings is 2. The Kier molecular flexibility index (Phi) is 5.86. The van der Waals surface area contributed by atoms with Crippen LogP contribution >= 0.6 is 0 Å². The van der Waals surface area contributed by atoms with E-state index in [0.717, 1.165) is 34.9 Å². The predicted octanol–water partition coefficient (Wildman–Crippen LogP) is 4.06. The molecule has 1 saturated carbocycles. The fourth-order valence-electron chi connectivity index (χ4n) is 3.53. The number of ether oxygens (including phenoxy) is 1. The second-order valence-corrected chi connectivity index (χ2v) is 8.25. The number of anilines is 1. The van der Waals surface area contributed by atoms with Gasteiger partial charge in [-0.15, -0.1) is 0 Å². The first-order valence-corrected chi connectivity index (χ1v) is 11.1. The number of hydrogen-bond donors (Lipinski definition) is 2. The van der Waals surface area contributed by atoms with Crippen LogP contribution in [0.1, 0.15) is 44.8 Å². The quantitative estimate of drug-likeness (QED) is 0.437. The van der Waals surface area contributed by atoms with Crippen LogP contribution < -0.4 is 15.4 Å². The number of rotatable bonds is 7. The summed E-state index contributed by atoms with van der Waals surface area (Å²) in [6, 6.07) is 15.5. The summed E-state index contributed by atoms with van der Waals surface area (Å²) < 4.78 is 5.69. The molecule has 2 heterocycles. The third kappa shape index (κ3) is 4.85. The number of pyridine rings is 1. The van der Waals surface area contributed by atoms with Crippen LogP contribution in [-0.4, -0.2) is 32.8 Å². The zero-order chi connectivity index (χ0) is 23.5. The zero-order valence-electron chi connectivity index (χ0n) is 18.6. The number of amides is 2. The maximum absolute atomic E-state index is 12.7. The van der Waals surface area contributed by atoms with Crippen LogP contribution in [0.15, 0.2) is 67.1 Å². The number of carbonyl (C=O) groups is 2. The van der Waals surface area contributed by atoms with Gasteiger partial charge in [-0.25, -0.2) is 9.97 Å². The van der Waals surface area contributed by atoms with Gasteiger partial charge in [-0.2, -0.15) is 0 Å². The predicted molar refractivity (Wildman–Crippen MR) is 128 cm³/mol. The van der Waals surface area contributed by atoms with Crippen molar-refractivity contribution < 1.29 is 14.3 Å². The maximum Gasteiger partial charge on any atom is 0.316 e. The summed E-state index contributed by atoms with van der Waals surface area (Å²) in [5, 5.41) is 7.87. The summed E-state index contributed by atoms with van der Waals surface area (Å²) in [4.78, 5) is 37.8. The van der Waals surface area contributed by atoms with Crippen LogP contribution in [0.4, 0.5) is 5.69 Å². The topological polar surface area (TPSA) is 106 Å². The lowest BCUT2D eigenvalue weighted by molar-refractivity contribution is 0.0949. The molecule has 2 aromatic heterocycles. The number of nitrogens with zero attached hydrogens (tertiary/aromatic N) is 3. The molecular formula is C26H23N5O3. The molecule has 2 N–H and O–H groups in total. The highest BCUT2D eigenvalue weighted by Crippen LogP contribution is 2.22. The highest BCUT2D eigenvalue weighted by atomic mass is 16.5. The molecule has 1 aliphatic carbocycles. The Morgan fingerprint density at radius 2 is 1.76 bits per heavy atom. The normalized spacial score (nSPS) is 12.9. The summed E-state index contributed by atoms with van der Waals surface area (Å²) >= 11 is 0. The minimum atomic E-state index is -0.370. The van der Waals surface area contributed by atoms with E-state index in [4.69, 9.17) is 4.74 Å². The first-order valence-electron chi connectivity index (χ1n) is 11.1. The second kappa shape index (κ2) is 9.27. The summed E-state index contributed by atoms with van der Waals surface area (Å²) in [5.74, 6) is -0.506. The van der Waals surface area contributed by atoms with Gasteiger partial charge in [0.2, 0.25) is 0 Å². The number of fused-ring (bicyclic) bond motifs is 1. The van der Waals surface area contributed by atoms with Gasteiger partial charge in [0.15, 0.2) is 0 Å². The van der Waals surface area contributed by atoms with Crippen LogP contribution in [0.25, 0.3) is 10.8 Å². The Labute approximate surface area is 196 Å². The lowest BCUT2D eigenvalue weighted by Crippen LogP contribution is -2.25. The van der Waals surface area contributed by atoms with Crippen LogP contribution in [0.5, 0.6) is 6.01 Å². The molecule has 2 amide bonds. The molecule has 170 valence electrons. The van der Waals surface area contributed by atoms with Crippen LogP contribution in [-0.2, 0) is 6.61 Å².